The minimum absolute atomic E-state index is 0.142. The van der Waals surface area contributed by atoms with Gasteiger partial charge in [-0.2, -0.15) is 0 Å². The van der Waals surface area contributed by atoms with Crippen LogP contribution in [-0.4, -0.2) is 27.3 Å². The Labute approximate surface area is 106 Å². The van der Waals surface area contributed by atoms with E-state index in [1.54, 1.807) is 13.2 Å². The fourth-order valence-electron chi connectivity index (χ4n) is 1.36. The molecular weight excluding hydrogens is 232 g/mol. The smallest absolute Gasteiger partial charge is 0.373 e. The third-order valence-electron chi connectivity index (χ3n) is 2.27. The van der Waals surface area contributed by atoms with E-state index in [1.807, 2.05) is 30.3 Å². The number of benzene rings is 1. The zero-order chi connectivity index (χ0) is 13.4. The zero-order valence-corrected chi connectivity index (χ0v) is 10.7. The number of methoxy groups -OCH3 is 3. The topological polar surface area (TPSA) is 44.8 Å². The summed E-state index contributed by atoms with van der Waals surface area (Å²) < 4.78 is 14.7. The Morgan fingerprint density at radius 1 is 1.11 bits per heavy atom. The third-order valence-corrected chi connectivity index (χ3v) is 2.27. The molecule has 0 heterocycles. The second-order valence-electron chi connectivity index (χ2n) is 3.33. The first kappa shape index (κ1) is 13.8. The molecule has 0 fully saturated rings. The lowest BCUT2D eigenvalue weighted by Crippen LogP contribution is -2.05. The maximum absolute atomic E-state index is 11.2. The number of para-hydroxylation sites is 1. The molecule has 0 aliphatic carbocycles. The molecule has 1 rings (SSSR count). The van der Waals surface area contributed by atoms with Gasteiger partial charge in [-0.05, 0) is 12.1 Å². The van der Waals surface area contributed by atoms with Crippen molar-refractivity contribution in [2.45, 2.75) is 0 Å². The number of carbonyl (C=O) groups is 1. The van der Waals surface area contributed by atoms with E-state index in [4.69, 9.17) is 9.47 Å². The van der Waals surface area contributed by atoms with Gasteiger partial charge in [-0.1, -0.05) is 30.4 Å². The van der Waals surface area contributed by atoms with Gasteiger partial charge in [-0.3, -0.25) is 0 Å². The summed E-state index contributed by atoms with van der Waals surface area (Å²) in [6.07, 6.45) is 5.06. The first-order valence-corrected chi connectivity index (χ1v) is 5.36. The van der Waals surface area contributed by atoms with Crippen molar-refractivity contribution in [3.8, 4) is 5.75 Å². The molecule has 0 atom stereocenters. The van der Waals surface area contributed by atoms with Crippen LogP contribution in [0.3, 0.4) is 0 Å². The molecule has 18 heavy (non-hydrogen) atoms. The molecular formula is C14H16O4. The quantitative estimate of drug-likeness (QED) is 0.347. The van der Waals surface area contributed by atoms with Crippen molar-refractivity contribution in [3.63, 3.8) is 0 Å². The van der Waals surface area contributed by atoms with Crippen LogP contribution in [0.5, 0.6) is 5.75 Å². The summed E-state index contributed by atoms with van der Waals surface area (Å²) in [6.45, 7) is 0. The van der Waals surface area contributed by atoms with Crippen LogP contribution in [0, 0.1) is 0 Å². The Kier molecular flexibility index (Phi) is 5.51. The molecule has 0 radical (unpaired) electrons. The number of allylic oxidation sites excluding steroid dienone is 2. The van der Waals surface area contributed by atoms with Gasteiger partial charge in [0.05, 0.1) is 21.3 Å². The Hall–Kier alpha value is -2.23. The van der Waals surface area contributed by atoms with Crippen LogP contribution in [0.4, 0.5) is 0 Å². The highest BCUT2D eigenvalue weighted by Gasteiger charge is 2.07. The molecule has 4 nitrogen and oxygen atoms in total. The SMILES string of the molecule is COC(=O)C(=CC=Cc1ccccc1OC)OC. The fraction of sp³-hybridized carbons (Fsp3) is 0.214. The van der Waals surface area contributed by atoms with Crippen molar-refractivity contribution in [1.29, 1.82) is 0 Å². The van der Waals surface area contributed by atoms with E-state index in [0.29, 0.717) is 0 Å². The lowest BCUT2D eigenvalue weighted by Gasteiger charge is -2.03. The van der Waals surface area contributed by atoms with Crippen molar-refractivity contribution >= 4 is 12.0 Å². The van der Waals surface area contributed by atoms with E-state index in [2.05, 4.69) is 4.74 Å². The number of hydrogen-bond donors (Lipinski definition) is 0. The van der Waals surface area contributed by atoms with Crippen molar-refractivity contribution in [3.05, 3.63) is 47.7 Å². The van der Waals surface area contributed by atoms with E-state index < -0.39 is 5.97 Å². The normalized spacial score (nSPS) is 11.4. The third kappa shape index (κ3) is 3.66. The van der Waals surface area contributed by atoms with Crippen molar-refractivity contribution in [1.82, 2.24) is 0 Å². The number of carbonyl (C=O) groups excluding carboxylic acids is 1. The summed E-state index contributed by atoms with van der Waals surface area (Å²) >= 11 is 0. The molecule has 1 aromatic carbocycles. The van der Waals surface area contributed by atoms with Gasteiger partial charge in [0.25, 0.3) is 0 Å². The summed E-state index contributed by atoms with van der Waals surface area (Å²) in [4.78, 5) is 11.2. The fourth-order valence-corrected chi connectivity index (χ4v) is 1.36. The average molecular weight is 248 g/mol. The summed E-state index contributed by atoms with van der Waals surface area (Å²) in [5, 5.41) is 0. The maximum Gasteiger partial charge on any atom is 0.373 e. The van der Waals surface area contributed by atoms with Crippen LogP contribution in [0.1, 0.15) is 5.56 Å². The lowest BCUT2D eigenvalue weighted by molar-refractivity contribution is -0.139. The highest BCUT2D eigenvalue weighted by atomic mass is 16.6. The van der Waals surface area contributed by atoms with Gasteiger partial charge in [0.1, 0.15) is 5.75 Å². The van der Waals surface area contributed by atoms with Gasteiger partial charge in [0.15, 0.2) is 0 Å². The van der Waals surface area contributed by atoms with E-state index in [-0.39, 0.29) is 5.76 Å². The first-order valence-electron chi connectivity index (χ1n) is 5.36. The summed E-state index contributed by atoms with van der Waals surface area (Å²) in [5.41, 5.74) is 0.913. The van der Waals surface area contributed by atoms with Crippen LogP contribution in [0.25, 0.3) is 6.08 Å². The monoisotopic (exact) mass is 248 g/mol. The summed E-state index contributed by atoms with van der Waals surface area (Å²) in [5.74, 6) is 0.394. The Morgan fingerprint density at radius 3 is 2.44 bits per heavy atom. The second kappa shape index (κ2) is 7.17. The number of ether oxygens (including phenoxy) is 3. The molecule has 0 N–H and O–H groups in total. The van der Waals surface area contributed by atoms with Gasteiger partial charge in [-0.15, -0.1) is 0 Å². The minimum atomic E-state index is -0.512. The molecule has 0 bridgehead atoms. The van der Waals surface area contributed by atoms with Crippen molar-refractivity contribution < 1.29 is 19.0 Å². The van der Waals surface area contributed by atoms with Crippen LogP contribution in [0.2, 0.25) is 0 Å². The summed E-state index contributed by atoms with van der Waals surface area (Å²) in [7, 11) is 4.33. The molecule has 0 aliphatic rings. The predicted molar refractivity (Wildman–Crippen MR) is 69.1 cm³/mol. The molecule has 0 saturated carbocycles. The van der Waals surface area contributed by atoms with E-state index in [1.165, 1.54) is 20.3 Å². The lowest BCUT2D eigenvalue weighted by atomic mass is 10.2. The van der Waals surface area contributed by atoms with E-state index in [0.717, 1.165) is 11.3 Å². The number of hydrogen-bond acceptors (Lipinski definition) is 4. The first-order chi connectivity index (χ1) is 8.72. The molecule has 0 aromatic heterocycles. The maximum atomic E-state index is 11.2. The molecule has 0 unspecified atom stereocenters. The Bertz CT molecular complexity index is 461. The molecule has 96 valence electrons. The highest BCUT2D eigenvalue weighted by molar-refractivity contribution is 5.86. The summed E-state index contributed by atoms with van der Waals surface area (Å²) in [6, 6.07) is 7.57. The molecule has 0 amide bonds. The van der Waals surface area contributed by atoms with Crippen molar-refractivity contribution in [2.24, 2.45) is 0 Å². The van der Waals surface area contributed by atoms with Crippen LogP contribution in [0.15, 0.2) is 42.2 Å². The molecule has 0 aliphatic heterocycles. The largest absolute Gasteiger partial charge is 0.496 e. The second-order valence-corrected chi connectivity index (χ2v) is 3.33. The average Bonchev–Trinajstić information content (AvgIpc) is 2.43. The van der Waals surface area contributed by atoms with Crippen LogP contribution < -0.4 is 4.74 Å². The van der Waals surface area contributed by atoms with Crippen LogP contribution in [-0.2, 0) is 14.3 Å². The number of rotatable bonds is 5. The van der Waals surface area contributed by atoms with Crippen LogP contribution >= 0.6 is 0 Å². The number of esters is 1. The highest BCUT2D eigenvalue weighted by Crippen LogP contribution is 2.18. The Balaban J connectivity index is 2.86. The molecule has 0 spiro atoms. The van der Waals surface area contributed by atoms with E-state index >= 15 is 0 Å². The zero-order valence-electron chi connectivity index (χ0n) is 10.7. The molecule has 4 heteroatoms. The van der Waals surface area contributed by atoms with Gasteiger partial charge in [0, 0.05) is 5.56 Å². The van der Waals surface area contributed by atoms with Crippen molar-refractivity contribution in [2.75, 3.05) is 21.3 Å². The van der Waals surface area contributed by atoms with Gasteiger partial charge in [0.2, 0.25) is 5.76 Å². The van der Waals surface area contributed by atoms with Gasteiger partial charge < -0.3 is 14.2 Å². The van der Waals surface area contributed by atoms with E-state index in [9.17, 15) is 4.79 Å². The Morgan fingerprint density at radius 2 is 1.83 bits per heavy atom. The predicted octanol–water partition coefficient (Wildman–Crippen LogP) is 2.41. The minimum Gasteiger partial charge on any atom is -0.496 e. The van der Waals surface area contributed by atoms with Gasteiger partial charge >= 0.3 is 5.97 Å². The standard InChI is InChI=1S/C14H16O4/c1-16-12-9-5-4-7-11(12)8-6-10-13(17-2)14(15)18-3/h4-10H,1-3H3. The molecule has 0 saturated heterocycles. The van der Waals surface area contributed by atoms with Gasteiger partial charge in [-0.25, -0.2) is 4.79 Å². The molecule has 1 aromatic rings.